The van der Waals surface area contributed by atoms with E-state index in [0.717, 1.165) is 19.5 Å². The van der Waals surface area contributed by atoms with Gasteiger partial charge in [-0.3, -0.25) is 10.2 Å². The standard InChI is InChI=1S/C15H18N4O/c16-18-15(20)9-4-5-13-11(8-9)10-2-1-3-12-14(10)19(13)7-6-17-12/h4-5,8,12,17H,1-3,6-7,16H2,(H,18,20)/t12-/m1/s1. The number of nitrogens with zero attached hydrogens (tertiary/aromatic N) is 1. The molecule has 1 aliphatic carbocycles. The molecule has 0 saturated heterocycles. The van der Waals surface area contributed by atoms with Gasteiger partial charge in [-0.2, -0.15) is 0 Å². The number of hydrazine groups is 1. The molecule has 0 bridgehead atoms. The largest absolute Gasteiger partial charge is 0.342 e. The third kappa shape index (κ3) is 1.53. The molecule has 1 aromatic heterocycles. The summed E-state index contributed by atoms with van der Waals surface area (Å²) in [5, 5.41) is 4.82. The number of carbonyl (C=O) groups excluding carboxylic acids is 1. The van der Waals surface area contributed by atoms with Gasteiger partial charge in [-0.25, -0.2) is 5.84 Å². The number of nitrogen functional groups attached to an aromatic ring is 1. The first-order chi connectivity index (χ1) is 9.79. The molecule has 5 heteroatoms. The molecular formula is C15H18N4O. The molecule has 0 fully saturated rings. The average molecular weight is 270 g/mol. The Labute approximate surface area is 117 Å². The van der Waals surface area contributed by atoms with Crippen LogP contribution in [0.1, 0.15) is 40.5 Å². The van der Waals surface area contributed by atoms with Crippen LogP contribution < -0.4 is 16.6 Å². The van der Waals surface area contributed by atoms with Gasteiger partial charge >= 0.3 is 0 Å². The van der Waals surface area contributed by atoms with Crippen LogP contribution in [0, 0.1) is 0 Å². The highest BCUT2D eigenvalue weighted by atomic mass is 16.2. The van der Waals surface area contributed by atoms with Crippen molar-refractivity contribution in [2.24, 2.45) is 5.84 Å². The first kappa shape index (κ1) is 11.9. The van der Waals surface area contributed by atoms with E-state index >= 15 is 0 Å². The Morgan fingerprint density at radius 2 is 2.35 bits per heavy atom. The van der Waals surface area contributed by atoms with Gasteiger partial charge in [-0.05, 0) is 43.0 Å². The number of fused-ring (bicyclic) bond motifs is 3. The fourth-order valence-electron chi connectivity index (χ4n) is 3.74. The minimum absolute atomic E-state index is 0.228. The van der Waals surface area contributed by atoms with Crippen molar-refractivity contribution in [1.29, 1.82) is 0 Å². The van der Waals surface area contributed by atoms with Gasteiger partial charge in [0.25, 0.3) is 5.91 Å². The molecule has 0 radical (unpaired) electrons. The molecule has 4 N–H and O–H groups in total. The summed E-state index contributed by atoms with van der Waals surface area (Å²) in [7, 11) is 0. The molecule has 1 aliphatic heterocycles. The predicted molar refractivity (Wildman–Crippen MR) is 77.3 cm³/mol. The summed E-state index contributed by atoms with van der Waals surface area (Å²) >= 11 is 0. The molecule has 1 amide bonds. The number of hydrogen-bond acceptors (Lipinski definition) is 3. The molecule has 104 valence electrons. The lowest BCUT2D eigenvalue weighted by molar-refractivity contribution is 0.0954. The topological polar surface area (TPSA) is 72.1 Å². The van der Waals surface area contributed by atoms with Gasteiger partial charge in [-0.15, -0.1) is 0 Å². The monoisotopic (exact) mass is 270 g/mol. The van der Waals surface area contributed by atoms with Gasteiger partial charge in [0.1, 0.15) is 0 Å². The van der Waals surface area contributed by atoms with Crippen molar-refractivity contribution in [3.63, 3.8) is 0 Å². The lowest BCUT2D eigenvalue weighted by atomic mass is 9.90. The summed E-state index contributed by atoms with van der Waals surface area (Å²) in [5.41, 5.74) is 6.94. The van der Waals surface area contributed by atoms with E-state index in [1.165, 1.54) is 35.0 Å². The second kappa shape index (κ2) is 4.33. The van der Waals surface area contributed by atoms with Crippen molar-refractivity contribution in [3.8, 4) is 0 Å². The molecule has 20 heavy (non-hydrogen) atoms. The summed E-state index contributed by atoms with van der Waals surface area (Å²) in [6.45, 7) is 2.02. The third-order valence-electron chi connectivity index (χ3n) is 4.58. The fraction of sp³-hybridized carbons (Fsp3) is 0.400. The van der Waals surface area contributed by atoms with Gasteiger partial charge in [0, 0.05) is 41.3 Å². The Balaban J connectivity index is 1.98. The van der Waals surface area contributed by atoms with Gasteiger partial charge in [0.2, 0.25) is 0 Å². The second-order valence-electron chi connectivity index (χ2n) is 5.62. The molecule has 0 unspecified atom stereocenters. The van der Waals surface area contributed by atoms with Crippen LogP contribution in [0.2, 0.25) is 0 Å². The van der Waals surface area contributed by atoms with E-state index in [9.17, 15) is 4.79 Å². The molecule has 2 aromatic rings. The number of carbonyl (C=O) groups is 1. The zero-order chi connectivity index (χ0) is 13.7. The number of nitrogens with one attached hydrogen (secondary N) is 2. The number of benzene rings is 1. The number of aromatic nitrogens is 1. The molecular weight excluding hydrogens is 252 g/mol. The second-order valence-corrected chi connectivity index (χ2v) is 5.62. The molecule has 4 rings (SSSR count). The van der Waals surface area contributed by atoms with Crippen molar-refractivity contribution in [1.82, 2.24) is 15.3 Å². The Bertz CT molecular complexity index is 701. The molecule has 1 aromatic carbocycles. The van der Waals surface area contributed by atoms with E-state index in [0.29, 0.717) is 11.6 Å². The van der Waals surface area contributed by atoms with Crippen LogP contribution in [-0.2, 0) is 13.0 Å². The summed E-state index contributed by atoms with van der Waals surface area (Å²) < 4.78 is 2.43. The summed E-state index contributed by atoms with van der Waals surface area (Å²) in [4.78, 5) is 11.7. The zero-order valence-electron chi connectivity index (χ0n) is 11.3. The van der Waals surface area contributed by atoms with Crippen LogP contribution in [0.25, 0.3) is 10.9 Å². The SMILES string of the molecule is NNC(=O)c1ccc2c(c1)c1c3n2CCN[C@@H]3CCC1. The van der Waals surface area contributed by atoms with Crippen molar-refractivity contribution >= 4 is 16.8 Å². The van der Waals surface area contributed by atoms with E-state index in [4.69, 9.17) is 5.84 Å². The van der Waals surface area contributed by atoms with Gasteiger partial charge in [0.05, 0.1) is 0 Å². The molecule has 0 spiro atoms. The normalized spacial score (nSPS) is 20.8. The van der Waals surface area contributed by atoms with E-state index < -0.39 is 0 Å². The maximum absolute atomic E-state index is 11.7. The number of rotatable bonds is 1. The summed E-state index contributed by atoms with van der Waals surface area (Å²) in [6.07, 6.45) is 3.52. The molecule has 2 aliphatic rings. The van der Waals surface area contributed by atoms with Gasteiger partial charge in [-0.1, -0.05) is 0 Å². The van der Waals surface area contributed by atoms with Crippen molar-refractivity contribution < 1.29 is 4.79 Å². The fourth-order valence-corrected chi connectivity index (χ4v) is 3.74. The Morgan fingerprint density at radius 1 is 1.45 bits per heavy atom. The first-order valence-corrected chi connectivity index (χ1v) is 7.19. The van der Waals surface area contributed by atoms with E-state index in [2.05, 4.69) is 21.4 Å². The van der Waals surface area contributed by atoms with Gasteiger partial charge < -0.3 is 9.88 Å². The molecule has 2 heterocycles. The number of nitrogens with two attached hydrogens (primary N) is 1. The van der Waals surface area contributed by atoms with Crippen LogP contribution in [-0.4, -0.2) is 17.0 Å². The van der Waals surface area contributed by atoms with Crippen molar-refractivity contribution in [2.45, 2.75) is 31.8 Å². The van der Waals surface area contributed by atoms with Crippen LogP contribution in [0.3, 0.4) is 0 Å². The van der Waals surface area contributed by atoms with Gasteiger partial charge in [0.15, 0.2) is 0 Å². The molecule has 5 nitrogen and oxygen atoms in total. The molecule has 0 saturated carbocycles. The Morgan fingerprint density at radius 3 is 3.20 bits per heavy atom. The minimum Gasteiger partial charge on any atom is -0.342 e. The highest BCUT2D eigenvalue weighted by molar-refractivity contribution is 5.99. The quantitative estimate of drug-likeness (QED) is 0.414. The minimum atomic E-state index is -0.228. The zero-order valence-corrected chi connectivity index (χ0v) is 11.3. The predicted octanol–water partition coefficient (Wildman–Crippen LogP) is 1.23. The van der Waals surface area contributed by atoms with E-state index in [1.54, 1.807) is 0 Å². The van der Waals surface area contributed by atoms with Crippen LogP contribution in [0.4, 0.5) is 0 Å². The number of amides is 1. The maximum atomic E-state index is 11.7. The number of aryl methyl sites for hydroxylation is 1. The average Bonchev–Trinajstić information content (AvgIpc) is 2.83. The number of hydrogen-bond donors (Lipinski definition) is 3. The summed E-state index contributed by atoms with van der Waals surface area (Å²) in [6, 6.07) is 6.38. The lowest BCUT2D eigenvalue weighted by Crippen LogP contribution is -2.35. The third-order valence-corrected chi connectivity index (χ3v) is 4.58. The Kier molecular flexibility index (Phi) is 2.58. The van der Waals surface area contributed by atoms with Crippen LogP contribution in [0.15, 0.2) is 18.2 Å². The smallest absolute Gasteiger partial charge is 0.265 e. The van der Waals surface area contributed by atoms with E-state index in [1.807, 2.05) is 12.1 Å². The highest BCUT2D eigenvalue weighted by Gasteiger charge is 2.29. The van der Waals surface area contributed by atoms with Crippen LogP contribution >= 0.6 is 0 Å². The van der Waals surface area contributed by atoms with Crippen molar-refractivity contribution in [2.75, 3.05) is 6.54 Å². The van der Waals surface area contributed by atoms with Crippen LogP contribution in [0.5, 0.6) is 0 Å². The highest BCUT2D eigenvalue weighted by Crippen LogP contribution is 2.39. The maximum Gasteiger partial charge on any atom is 0.265 e. The summed E-state index contributed by atoms with van der Waals surface area (Å²) in [5.74, 6) is 5.01. The van der Waals surface area contributed by atoms with Crippen molar-refractivity contribution in [3.05, 3.63) is 35.0 Å². The molecule has 1 atom stereocenters. The lowest BCUT2D eigenvalue weighted by Gasteiger charge is -2.31. The van der Waals surface area contributed by atoms with E-state index in [-0.39, 0.29) is 5.91 Å². The Hall–Kier alpha value is -1.85. The first-order valence-electron chi connectivity index (χ1n) is 7.19.